The van der Waals surface area contributed by atoms with Gasteiger partial charge in [-0.25, -0.2) is 4.98 Å². The highest BCUT2D eigenvalue weighted by Crippen LogP contribution is 2.42. The third kappa shape index (κ3) is 3.18. The Bertz CT molecular complexity index is 1180. The lowest BCUT2D eigenvalue weighted by Crippen LogP contribution is -2.50. The number of carbonyl (C=O) groups is 1. The van der Waals surface area contributed by atoms with Crippen molar-refractivity contribution in [2.75, 3.05) is 12.0 Å². The summed E-state index contributed by atoms with van der Waals surface area (Å²) in [6, 6.07) is 9.57. The second-order valence-corrected chi connectivity index (χ2v) is 6.52. The van der Waals surface area contributed by atoms with Gasteiger partial charge in [0.05, 0.1) is 30.2 Å². The van der Waals surface area contributed by atoms with E-state index in [1.54, 1.807) is 37.3 Å². The number of methoxy groups -OCH3 is 1. The van der Waals surface area contributed by atoms with Crippen molar-refractivity contribution in [1.29, 1.82) is 0 Å². The molecule has 0 fully saturated rings. The Balaban J connectivity index is 1.81. The summed E-state index contributed by atoms with van der Waals surface area (Å²) in [5.74, 6) is -1.01. The van der Waals surface area contributed by atoms with E-state index in [1.807, 2.05) is 0 Å². The smallest absolute Gasteiger partial charge is 0.483 e. The number of carbonyl (C=O) groups excluding carboxylic acids is 1. The van der Waals surface area contributed by atoms with Crippen molar-refractivity contribution in [3.8, 4) is 11.5 Å². The standard InChI is InChI=1S/C20H17F2N3O4/c1-3-11-5-4-6-15-17(11)29-20(21,22)19(27)25(15)10-16-23-14-9-12(28-2)7-8-13(14)18(26)24-16/h4-9H,3,10H2,1-2H3,(H,23,24,26). The quantitative estimate of drug-likeness (QED) is 0.727. The molecule has 29 heavy (non-hydrogen) atoms. The molecule has 1 amide bonds. The predicted octanol–water partition coefficient (Wildman–Crippen LogP) is 3.01. The lowest BCUT2D eigenvalue weighted by molar-refractivity contribution is -0.193. The molecule has 7 nitrogen and oxygen atoms in total. The molecule has 0 spiro atoms. The topological polar surface area (TPSA) is 84.5 Å². The van der Waals surface area contributed by atoms with Gasteiger partial charge < -0.3 is 14.5 Å². The van der Waals surface area contributed by atoms with Crippen molar-refractivity contribution < 1.29 is 23.0 Å². The lowest BCUT2D eigenvalue weighted by Gasteiger charge is -2.34. The summed E-state index contributed by atoms with van der Waals surface area (Å²) < 4.78 is 38.4. The van der Waals surface area contributed by atoms with E-state index in [9.17, 15) is 18.4 Å². The van der Waals surface area contributed by atoms with Crippen LogP contribution in [0.5, 0.6) is 11.5 Å². The molecule has 9 heteroatoms. The van der Waals surface area contributed by atoms with Crippen LogP contribution in [-0.2, 0) is 17.8 Å². The van der Waals surface area contributed by atoms with Gasteiger partial charge in [-0.3, -0.25) is 14.5 Å². The Labute approximate surface area is 163 Å². The lowest BCUT2D eigenvalue weighted by atomic mass is 10.1. The van der Waals surface area contributed by atoms with Gasteiger partial charge in [0.2, 0.25) is 0 Å². The maximum Gasteiger partial charge on any atom is 0.483 e. The molecule has 0 saturated carbocycles. The minimum absolute atomic E-state index is 0.0515. The van der Waals surface area contributed by atoms with Crippen LogP contribution in [0.4, 0.5) is 14.5 Å². The van der Waals surface area contributed by atoms with Crippen LogP contribution in [0.25, 0.3) is 10.9 Å². The summed E-state index contributed by atoms with van der Waals surface area (Å²) in [5.41, 5.74) is 0.638. The number of alkyl halides is 2. The van der Waals surface area contributed by atoms with Crippen molar-refractivity contribution in [2.24, 2.45) is 0 Å². The van der Waals surface area contributed by atoms with Gasteiger partial charge >= 0.3 is 12.0 Å². The molecule has 150 valence electrons. The molecule has 2 aromatic carbocycles. The van der Waals surface area contributed by atoms with Gasteiger partial charge in [0.15, 0.2) is 5.75 Å². The molecule has 3 aromatic rings. The summed E-state index contributed by atoms with van der Waals surface area (Å²) >= 11 is 0. The molecule has 0 atom stereocenters. The second-order valence-electron chi connectivity index (χ2n) is 6.52. The molecule has 4 rings (SSSR count). The number of nitrogens with one attached hydrogen (secondary N) is 1. The fourth-order valence-corrected chi connectivity index (χ4v) is 3.29. The van der Waals surface area contributed by atoms with Crippen LogP contribution in [-0.4, -0.2) is 29.1 Å². The zero-order valence-corrected chi connectivity index (χ0v) is 15.7. The summed E-state index contributed by atoms with van der Waals surface area (Å²) in [4.78, 5) is 32.5. The third-order valence-corrected chi connectivity index (χ3v) is 4.74. The van der Waals surface area contributed by atoms with Gasteiger partial charge in [0.25, 0.3) is 5.56 Å². The normalized spacial score (nSPS) is 15.2. The highest BCUT2D eigenvalue weighted by Gasteiger charge is 2.51. The van der Waals surface area contributed by atoms with Crippen LogP contribution in [0.2, 0.25) is 0 Å². The fourth-order valence-electron chi connectivity index (χ4n) is 3.29. The van der Waals surface area contributed by atoms with E-state index < -0.39 is 17.6 Å². The van der Waals surface area contributed by atoms with Gasteiger partial charge in [0.1, 0.15) is 11.6 Å². The average Bonchev–Trinajstić information content (AvgIpc) is 2.70. The number of nitrogens with zero attached hydrogens (tertiary/aromatic N) is 2. The number of amides is 1. The average molecular weight is 401 g/mol. The van der Waals surface area contributed by atoms with Crippen LogP contribution < -0.4 is 19.9 Å². The van der Waals surface area contributed by atoms with Crippen LogP contribution >= 0.6 is 0 Å². The Morgan fingerprint density at radius 3 is 2.76 bits per heavy atom. The number of rotatable bonds is 4. The minimum atomic E-state index is -4.02. The number of aromatic nitrogens is 2. The SMILES string of the molecule is CCc1cccc2c1OC(F)(F)C(=O)N2Cc1nc2cc(OC)ccc2c(=O)[nH]1. The molecule has 0 bridgehead atoms. The Morgan fingerprint density at radius 2 is 2.03 bits per heavy atom. The molecular formula is C20H17F2N3O4. The number of hydrogen-bond acceptors (Lipinski definition) is 5. The van der Waals surface area contributed by atoms with E-state index in [2.05, 4.69) is 9.97 Å². The van der Waals surface area contributed by atoms with Gasteiger partial charge in [-0.2, -0.15) is 8.78 Å². The van der Waals surface area contributed by atoms with Crippen molar-refractivity contribution >= 4 is 22.5 Å². The molecule has 1 aliphatic heterocycles. The molecule has 0 radical (unpaired) electrons. The zero-order valence-electron chi connectivity index (χ0n) is 15.7. The number of ether oxygens (including phenoxy) is 2. The van der Waals surface area contributed by atoms with E-state index in [4.69, 9.17) is 9.47 Å². The number of aromatic amines is 1. The van der Waals surface area contributed by atoms with Crippen LogP contribution in [0.15, 0.2) is 41.2 Å². The first-order chi connectivity index (χ1) is 13.8. The minimum Gasteiger partial charge on any atom is -0.497 e. The number of fused-ring (bicyclic) bond motifs is 2. The van der Waals surface area contributed by atoms with E-state index in [-0.39, 0.29) is 23.8 Å². The van der Waals surface area contributed by atoms with Gasteiger partial charge in [-0.1, -0.05) is 19.1 Å². The van der Waals surface area contributed by atoms with Gasteiger partial charge in [-0.05, 0) is 30.2 Å². The first kappa shape index (κ1) is 18.9. The number of aryl methyl sites for hydroxylation is 1. The molecule has 1 N–H and O–H groups in total. The maximum atomic E-state index is 14.3. The van der Waals surface area contributed by atoms with E-state index in [0.717, 1.165) is 4.90 Å². The number of H-pyrrole nitrogens is 1. The molecule has 2 heterocycles. The van der Waals surface area contributed by atoms with Crippen LogP contribution in [0, 0.1) is 0 Å². The largest absolute Gasteiger partial charge is 0.497 e. The maximum absolute atomic E-state index is 14.3. The monoisotopic (exact) mass is 401 g/mol. The first-order valence-electron chi connectivity index (χ1n) is 8.91. The Hall–Kier alpha value is -3.49. The van der Waals surface area contributed by atoms with Crippen LogP contribution in [0.3, 0.4) is 0 Å². The molecule has 0 unspecified atom stereocenters. The van der Waals surface area contributed by atoms with Crippen molar-refractivity contribution in [3.05, 3.63) is 58.1 Å². The van der Waals surface area contributed by atoms with Gasteiger partial charge in [-0.15, -0.1) is 0 Å². The molecule has 0 aliphatic carbocycles. The predicted molar refractivity (Wildman–Crippen MR) is 102 cm³/mol. The molecular weight excluding hydrogens is 384 g/mol. The summed E-state index contributed by atoms with van der Waals surface area (Å²) in [5, 5.41) is 0.321. The first-order valence-corrected chi connectivity index (χ1v) is 8.91. The highest BCUT2D eigenvalue weighted by molar-refractivity contribution is 6.01. The number of halogens is 2. The summed E-state index contributed by atoms with van der Waals surface area (Å²) in [7, 11) is 1.48. The summed E-state index contributed by atoms with van der Waals surface area (Å²) in [6.07, 6.45) is -3.56. The van der Waals surface area contributed by atoms with Crippen molar-refractivity contribution in [1.82, 2.24) is 9.97 Å². The summed E-state index contributed by atoms with van der Waals surface area (Å²) in [6.45, 7) is 1.45. The fraction of sp³-hybridized carbons (Fsp3) is 0.250. The van der Waals surface area contributed by atoms with E-state index >= 15 is 0 Å². The van der Waals surface area contributed by atoms with Crippen LogP contribution in [0.1, 0.15) is 18.3 Å². The van der Waals surface area contributed by atoms with Gasteiger partial charge in [0, 0.05) is 6.07 Å². The van der Waals surface area contributed by atoms with E-state index in [0.29, 0.717) is 28.6 Å². The molecule has 0 saturated heterocycles. The van der Waals surface area contributed by atoms with Crippen molar-refractivity contribution in [2.45, 2.75) is 26.0 Å². The number of anilines is 1. The molecule has 1 aromatic heterocycles. The zero-order chi connectivity index (χ0) is 20.8. The van der Waals surface area contributed by atoms with E-state index in [1.165, 1.54) is 13.2 Å². The van der Waals surface area contributed by atoms with Crippen molar-refractivity contribution in [3.63, 3.8) is 0 Å². The Kier molecular flexibility index (Phi) is 4.45. The Morgan fingerprint density at radius 1 is 1.24 bits per heavy atom. The number of benzene rings is 2. The highest BCUT2D eigenvalue weighted by atomic mass is 19.3. The third-order valence-electron chi connectivity index (χ3n) is 4.74. The molecule has 1 aliphatic rings. The number of hydrogen-bond donors (Lipinski definition) is 1. The number of para-hydroxylation sites is 1. The second kappa shape index (κ2) is 6.84.